The van der Waals surface area contributed by atoms with Crippen LogP contribution in [0.5, 0.6) is 0 Å². The Balaban J connectivity index is 2.97. The number of nitrogens with two attached hydrogens (primary N) is 1. The first-order valence-corrected chi connectivity index (χ1v) is 6.75. The number of nitrogens with zero attached hydrogens (tertiary/aromatic N) is 3. The van der Waals surface area contributed by atoms with Gasteiger partial charge in [0.25, 0.3) is 0 Å². The van der Waals surface area contributed by atoms with Crippen molar-refractivity contribution in [2.75, 3.05) is 27.7 Å². The molecular weight excluding hydrogens is 296 g/mol. The highest BCUT2D eigenvalue weighted by Crippen LogP contribution is 2.30. The van der Waals surface area contributed by atoms with Crippen molar-refractivity contribution in [1.82, 2.24) is 14.7 Å². The standard InChI is InChI=1S/C12H23BrN4O/c1-12(2,18-5)11(14)10-9(13)8-15-17(10)7-6-16(3)4/h8,11H,6-7,14H2,1-5H3. The zero-order chi connectivity index (χ0) is 13.9. The van der Waals surface area contributed by atoms with Crippen LogP contribution in [0.4, 0.5) is 0 Å². The lowest BCUT2D eigenvalue weighted by Gasteiger charge is -2.31. The lowest BCUT2D eigenvalue weighted by atomic mass is 9.96. The van der Waals surface area contributed by atoms with Gasteiger partial charge >= 0.3 is 0 Å². The first kappa shape index (κ1) is 15.6. The van der Waals surface area contributed by atoms with Gasteiger partial charge in [-0.25, -0.2) is 0 Å². The van der Waals surface area contributed by atoms with Gasteiger partial charge in [-0.1, -0.05) is 0 Å². The fourth-order valence-electron chi connectivity index (χ4n) is 1.61. The molecule has 1 unspecified atom stereocenters. The molecule has 0 aliphatic carbocycles. The van der Waals surface area contributed by atoms with Gasteiger partial charge < -0.3 is 15.4 Å². The van der Waals surface area contributed by atoms with Crippen molar-refractivity contribution >= 4 is 15.9 Å². The zero-order valence-corrected chi connectivity index (χ0v) is 13.4. The van der Waals surface area contributed by atoms with Crippen molar-refractivity contribution in [3.05, 3.63) is 16.4 Å². The van der Waals surface area contributed by atoms with E-state index in [1.165, 1.54) is 0 Å². The molecule has 0 bridgehead atoms. The molecule has 0 fully saturated rings. The summed E-state index contributed by atoms with van der Waals surface area (Å²) in [5.74, 6) is 0. The predicted molar refractivity (Wildman–Crippen MR) is 76.5 cm³/mol. The third-order valence-corrected chi connectivity index (χ3v) is 3.77. The summed E-state index contributed by atoms with van der Waals surface area (Å²) in [6, 6.07) is -0.235. The summed E-state index contributed by atoms with van der Waals surface area (Å²) in [6.07, 6.45) is 1.79. The summed E-state index contributed by atoms with van der Waals surface area (Å²) in [4.78, 5) is 2.12. The lowest BCUT2D eigenvalue weighted by Crippen LogP contribution is -2.39. The molecule has 2 N–H and O–H groups in total. The molecule has 1 atom stereocenters. The normalized spacial score (nSPS) is 14.2. The summed E-state index contributed by atoms with van der Waals surface area (Å²) in [7, 11) is 5.75. The quantitative estimate of drug-likeness (QED) is 0.866. The molecule has 104 valence electrons. The minimum Gasteiger partial charge on any atom is -0.377 e. The van der Waals surface area contributed by atoms with Crippen LogP contribution in [0, 0.1) is 0 Å². The maximum atomic E-state index is 6.31. The van der Waals surface area contributed by atoms with Gasteiger partial charge in [-0.2, -0.15) is 5.10 Å². The highest BCUT2D eigenvalue weighted by atomic mass is 79.9. The van der Waals surface area contributed by atoms with Crippen molar-refractivity contribution < 1.29 is 4.74 Å². The molecule has 1 aromatic heterocycles. The minimum absolute atomic E-state index is 0.235. The molecule has 0 amide bonds. The van der Waals surface area contributed by atoms with Gasteiger partial charge in [0.2, 0.25) is 0 Å². The Morgan fingerprint density at radius 1 is 1.56 bits per heavy atom. The Labute approximate surface area is 117 Å². The van der Waals surface area contributed by atoms with Gasteiger partial charge in [-0.15, -0.1) is 0 Å². The second kappa shape index (κ2) is 6.14. The number of hydrogen-bond donors (Lipinski definition) is 1. The Kier molecular flexibility index (Phi) is 5.33. The number of halogens is 1. The van der Waals surface area contributed by atoms with E-state index in [4.69, 9.17) is 10.5 Å². The molecule has 6 heteroatoms. The van der Waals surface area contributed by atoms with E-state index in [9.17, 15) is 0 Å². The van der Waals surface area contributed by atoms with Crippen LogP contribution in [0.15, 0.2) is 10.7 Å². The van der Waals surface area contributed by atoms with E-state index in [2.05, 4.69) is 25.9 Å². The third kappa shape index (κ3) is 3.54. The maximum absolute atomic E-state index is 6.31. The van der Waals surface area contributed by atoms with E-state index in [0.29, 0.717) is 0 Å². The minimum atomic E-state index is -0.432. The second-order valence-electron chi connectivity index (χ2n) is 5.19. The van der Waals surface area contributed by atoms with E-state index in [0.717, 1.165) is 23.3 Å². The van der Waals surface area contributed by atoms with Crippen molar-refractivity contribution in [2.45, 2.75) is 32.0 Å². The fourth-order valence-corrected chi connectivity index (χ4v) is 2.15. The topological polar surface area (TPSA) is 56.3 Å². The Morgan fingerprint density at radius 2 is 2.17 bits per heavy atom. The van der Waals surface area contributed by atoms with Gasteiger partial charge in [-0.05, 0) is 43.9 Å². The van der Waals surface area contributed by atoms with Crippen LogP contribution in [-0.4, -0.2) is 48.0 Å². The van der Waals surface area contributed by atoms with Crippen LogP contribution in [0.3, 0.4) is 0 Å². The van der Waals surface area contributed by atoms with E-state index in [-0.39, 0.29) is 6.04 Å². The first-order valence-electron chi connectivity index (χ1n) is 5.96. The molecule has 0 aliphatic heterocycles. The van der Waals surface area contributed by atoms with Crippen molar-refractivity contribution in [3.8, 4) is 0 Å². The SMILES string of the molecule is COC(C)(C)C(N)c1c(Br)cnn1CCN(C)C. The van der Waals surface area contributed by atoms with E-state index in [1.807, 2.05) is 32.6 Å². The molecular formula is C12H23BrN4O. The number of aromatic nitrogens is 2. The van der Waals surface area contributed by atoms with Crippen LogP contribution >= 0.6 is 15.9 Å². The average molecular weight is 319 g/mol. The van der Waals surface area contributed by atoms with Gasteiger partial charge in [0.1, 0.15) is 0 Å². The number of hydrogen-bond acceptors (Lipinski definition) is 4. The van der Waals surface area contributed by atoms with Crippen LogP contribution in [0.25, 0.3) is 0 Å². The van der Waals surface area contributed by atoms with E-state index >= 15 is 0 Å². The molecule has 0 aromatic carbocycles. The second-order valence-corrected chi connectivity index (χ2v) is 6.04. The highest BCUT2D eigenvalue weighted by Gasteiger charge is 2.31. The molecule has 1 rings (SSSR count). The molecule has 0 spiro atoms. The van der Waals surface area contributed by atoms with Gasteiger partial charge in [0.05, 0.1) is 34.6 Å². The molecule has 1 aromatic rings. The molecule has 18 heavy (non-hydrogen) atoms. The summed E-state index contributed by atoms with van der Waals surface area (Å²) < 4.78 is 8.33. The number of likely N-dealkylation sites (N-methyl/N-ethyl adjacent to an activating group) is 1. The van der Waals surface area contributed by atoms with Crippen LogP contribution in [-0.2, 0) is 11.3 Å². The third-order valence-electron chi connectivity index (χ3n) is 3.16. The van der Waals surface area contributed by atoms with Crippen molar-refractivity contribution in [1.29, 1.82) is 0 Å². The largest absolute Gasteiger partial charge is 0.377 e. The molecule has 0 saturated heterocycles. The smallest absolute Gasteiger partial charge is 0.0830 e. The number of ether oxygens (including phenoxy) is 1. The maximum Gasteiger partial charge on any atom is 0.0830 e. The van der Waals surface area contributed by atoms with Crippen LogP contribution < -0.4 is 5.73 Å². The van der Waals surface area contributed by atoms with E-state index < -0.39 is 5.60 Å². The summed E-state index contributed by atoms with van der Waals surface area (Å²) >= 11 is 3.51. The van der Waals surface area contributed by atoms with Crippen LogP contribution in [0.2, 0.25) is 0 Å². The lowest BCUT2D eigenvalue weighted by molar-refractivity contribution is -0.00249. The number of rotatable bonds is 6. The number of methoxy groups -OCH3 is 1. The van der Waals surface area contributed by atoms with Crippen LogP contribution in [0.1, 0.15) is 25.6 Å². The van der Waals surface area contributed by atoms with Gasteiger partial charge in [-0.3, -0.25) is 4.68 Å². The fraction of sp³-hybridized carbons (Fsp3) is 0.750. The predicted octanol–water partition coefficient (Wildman–Crippen LogP) is 1.63. The van der Waals surface area contributed by atoms with Gasteiger partial charge in [0.15, 0.2) is 0 Å². The molecule has 1 heterocycles. The molecule has 5 nitrogen and oxygen atoms in total. The Bertz CT molecular complexity index is 389. The Morgan fingerprint density at radius 3 is 2.67 bits per heavy atom. The van der Waals surface area contributed by atoms with Gasteiger partial charge in [0, 0.05) is 13.7 Å². The van der Waals surface area contributed by atoms with E-state index in [1.54, 1.807) is 13.3 Å². The summed E-state index contributed by atoms with van der Waals surface area (Å²) in [5.41, 5.74) is 6.85. The monoisotopic (exact) mass is 318 g/mol. The zero-order valence-electron chi connectivity index (χ0n) is 11.8. The average Bonchev–Trinajstić information content (AvgIpc) is 2.66. The van der Waals surface area contributed by atoms with Crippen molar-refractivity contribution in [3.63, 3.8) is 0 Å². The van der Waals surface area contributed by atoms with Crippen molar-refractivity contribution in [2.24, 2.45) is 5.73 Å². The first-order chi connectivity index (χ1) is 8.29. The molecule has 0 saturated carbocycles. The molecule has 0 radical (unpaired) electrons. The Hall–Kier alpha value is -0.430. The summed E-state index contributed by atoms with van der Waals surface area (Å²) in [5, 5.41) is 4.36. The highest BCUT2D eigenvalue weighted by molar-refractivity contribution is 9.10. The molecule has 0 aliphatic rings. The summed E-state index contributed by atoms with van der Waals surface area (Å²) in [6.45, 7) is 5.68.